The molecule has 0 bridgehead atoms. The third kappa shape index (κ3) is 3.92. The topological polar surface area (TPSA) is 30.5 Å². The van der Waals surface area contributed by atoms with Crippen molar-refractivity contribution in [3.63, 3.8) is 0 Å². The minimum Gasteiger partial charge on any atom is -0.495 e. The van der Waals surface area contributed by atoms with Crippen LogP contribution in [0.4, 0.5) is 0 Å². The lowest BCUT2D eigenvalue weighted by molar-refractivity contribution is 0.377. The fourth-order valence-electron chi connectivity index (χ4n) is 3.36. The van der Waals surface area contributed by atoms with Gasteiger partial charge in [-0.1, -0.05) is 25.8 Å². The maximum absolute atomic E-state index is 5.66. The smallest absolute Gasteiger partial charge is 0.140 e. The Morgan fingerprint density at radius 2 is 1.95 bits per heavy atom. The number of benzene rings is 1. The van der Waals surface area contributed by atoms with Gasteiger partial charge in [0.05, 0.1) is 14.2 Å². The van der Waals surface area contributed by atoms with Crippen molar-refractivity contribution in [1.29, 1.82) is 0 Å². The predicted octanol–water partition coefficient (Wildman–Crippen LogP) is 4.49. The first-order valence-electron chi connectivity index (χ1n) is 7.85. The third-order valence-corrected chi connectivity index (χ3v) is 5.12. The van der Waals surface area contributed by atoms with Crippen molar-refractivity contribution in [2.24, 2.45) is 0 Å². The maximum Gasteiger partial charge on any atom is 0.140 e. The van der Waals surface area contributed by atoms with Crippen LogP contribution in [0.5, 0.6) is 11.5 Å². The SMILES string of the molecule is CCNC1CCCCC(c2ccc(OC)c(Br)c2OC)C1. The Hall–Kier alpha value is -0.740. The Labute approximate surface area is 136 Å². The molecule has 4 heteroatoms. The van der Waals surface area contributed by atoms with E-state index in [-0.39, 0.29) is 0 Å². The van der Waals surface area contributed by atoms with Gasteiger partial charge in [-0.3, -0.25) is 0 Å². The summed E-state index contributed by atoms with van der Waals surface area (Å²) in [5, 5.41) is 3.62. The van der Waals surface area contributed by atoms with Crippen LogP contribution in [0, 0.1) is 0 Å². The van der Waals surface area contributed by atoms with Crippen molar-refractivity contribution in [3.8, 4) is 11.5 Å². The summed E-state index contributed by atoms with van der Waals surface area (Å²) in [5.74, 6) is 2.30. The molecule has 21 heavy (non-hydrogen) atoms. The van der Waals surface area contributed by atoms with Crippen LogP contribution in [0.2, 0.25) is 0 Å². The maximum atomic E-state index is 5.66. The summed E-state index contributed by atoms with van der Waals surface area (Å²) in [6.45, 7) is 3.23. The minimum absolute atomic E-state index is 0.550. The normalized spacial score (nSPS) is 22.7. The molecule has 0 aliphatic heterocycles. The van der Waals surface area contributed by atoms with Crippen molar-refractivity contribution >= 4 is 15.9 Å². The average Bonchev–Trinajstić information content (AvgIpc) is 2.73. The molecule has 118 valence electrons. The first kappa shape index (κ1) is 16.6. The summed E-state index contributed by atoms with van der Waals surface area (Å²) in [6, 6.07) is 4.82. The van der Waals surface area contributed by atoms with Gasteiger partial charge < -0.3 is 14.8 Å². The van der Waals surface area contributed by atoms with Gasteiger partial charge in [0, 0.05) is 6.04 Å². The van der Waals surface area contributed by atoms with E-state index in [1.165, 1.54) is 37.7 Å². The molecule has 0 saturated heterocycles. The van der Waals surface area contributed by atoms with Crippen LogP contribution in [-0.4, -0.2) is 26.8 Å². The van der Waals surface area contributed by atoms with Gasteiger partial charge in [-0.2, -0.15) is 0 Å². The standard InChI is InChI=1S/C17H26BrNO2/c1-4-19-13-8-6-5-7-12(11-13)14-9-10-15(20-2)16(18)17(14)21-3/h9-10,12-13,19H,4-8,11H2,1-3H3. The highest BCUT2D eigenvalue weighted by atomic mass is 79.9. The number of ether oxygens (including phenoxy) is 2. The Morgan fingerprint density at radius 1 is 1.19 bits per heavy atom. The second-order valence-electron chi connectivity index (χ2n) is 5.68. The van der Waals surface area contributed by atoms with Crippen molar-refractivity contribution < 1.29 is 9.47 Å². The largest absolute Gasteiger partial charge is 0.495 e. The molecule has 0 heterocycles. The van der Waals surface area contributed by atoms with Gasteiger partial charge in [0.15, 0.2) is 0 Å². The van der Waals surface area contributed by atoms with E-state index in [1.54, 1.807) is 14.2 Å². The highest BCUT2D eigenvalue weighted by Gasteiger charge is 2.25. The van der Waals surface area contributed by atoms with Crippen molar-refractivity contribution in [2.75, 3.05) is 20.8 Å². The summed E-state index contributed by atoms with van der Waals surface area (Å²) in [4.78, 5) is 0. The van der Waals surface area contributed by atoms with Gasteiger partial charge in [0.1, 0.15) is 16.0 Å². The van der Waals surface area contributed by atoms with Crippen LogP contribution in [0.3, 0.4) is 0 Å². The average molecular weight is 356 g/mol. The summed E-state index contributed by atoms with van der Waals surface area (Å²) < 4.78 is 12.0. The second-order valence-corrected chi connectivity index (χ2v) is 6.47. The van der Waals surface area contributed by atoms with Crippen LogP contribution < -0.4 is 14.8 Å². The van der Waals surface area contributed by atoms with Crippen LogP contribution >= 0.6 is 15.9 Å². The Balaban J connectivity index is 2.28. The molecule has 2 atom stereocenters. The molecule has 1 saturated carbocycles. The van der Waals surface area contributed by atoms with E-state index < -0.39 is 0 Å². The monoisotopic (exact) mass is 355 g/mol. The molecular weight excluding hydrogens is 330 g/mol. The van der Waals surface area contributed by atoms with Gasteiger partial charge in [-0.15, -0.1) is 0 Å². The highest BCUT2D eigenvalue weighted by molar-refractivity contribution is 9.10. The van der Waals surface area contributed by atoms with Gasteiger partial charge >= 0.3 is 0 Å². The van der Waals surface area contributed by atoms with Crippen molar-refractivity contribution in [2.45, 2.75) is 51.0 Å². The van der Waals surface area contributed by atoms with E-state index in [0.717, 1.165) is 22.5 Å². The molecule has 0 amide bonds. The Bertz CT molecular complexity index is 464. The highest BCUT2D eigenvalue weighted by Crippen LogP contribution is 2.43. The molecule has 0 aromatic heterocycles. The third-order valence-electron chi connectivity index (χ3n) is 4.37. The van der Waals surface area contributed by atoms with E-state index in [9.17, 15) is 0 Å². The lowest BCUT2D eigenvalue weighted by Crippen LogP contribution is -2.29. The molecule has 1 aliphatic carbocycles. The number of nitrogens with one attached hydrogen (secondary N) is 1. The number of hydrogen-bond acceptors (Lipinski definition) is 3. The Morgan fingerprint density at radius 3 is 2.62 bits per heavy atom. The summed E-state index contributed by atoms with van der Waals surface area (Å²) in [6.07, 6.45) is 6.30. The molecule has 1 aromatic carbocycles. The van der Waals surface area contributed by atoms with Crippen LogP contribution in [0.15, 0.2) is 16.6 Å². The number of hydrogen-bond donors (Lipinski definition) is 1. The zero-order valence-corrected chi connectivity index (χ0v) is 14.8. The molecule has 0 radical (unpaired) electrons. The van der Waals surface area contributed by atoms with Crippen LogP contribution in [0.1, 0.15) is 50.5 Å². The summed E-state index contributed by atoms with van der Waals surface area (Å²) in [5.41, 5.74) is 1.30. The van der Waals surface area contributed by atoms with E-state index in [1.807, 2.05) is 6.07 Å². The van der Waals surface area contributed by atoms with Crippen molar-refractivity contribution in [1.82, 2.24) is 5.32 Å². The molecule has 2 unspecified atom stereocenters. The second kappa shape index (κ2) is 8.04. The molecule has 0 spiro atoms. The fraction of sp³-hybridized carbons (Fsp3) is 0.647. The molecule has 1 N–H and O–H groups in total. The van der Waals surface area contributed by atoms with Crippen LogP contribution in [0.25, 0.3) is 0 Å². The first-order chi connectivity index (χ1) is 10.2. The molecule has 1 aliphatic rings. The minimum atomic E-state index is 0.550. The van der Waals surface area contributed by atoms with Gasteiger partial charge in [0.2, 0.25) is 0 Å². The van der Waals surface area contributed by atoms with Crippen molar-refractivity contribution in [3.05, 3.63) is 22.2 Å². The number of rotatable bonds is 5. The quantitative estimate of drug-likeness (QED) is 0.789. The first-order valence-corrected chi connectivity index (χ1v) is 8.64. The van der Waals surface area contributed by atoms with E-state index in [2.05, 4.69) is 34.2 Å². The predicted molar refractivity (Wildman–Crippen MR) is 90.5 cm³/mol. The van der Waals surface area contributed by atoms with Crippen LogP contribution in [-0.2, 0) is 0 Å². The van der Waals surface area contributed by atoms with E-state index in [0.29, 0.717) is 12.0 Å². The zero-order chi connectivity index (χ0) is 15.2. The van der Waals surface area contributed by atoms with Gasteiger partial charge in [-0.05, 0) is 59.3 Å². The zero-order valence-electron chi connectivity index (χ0n) is 13.2. The van der Waals surface area contributed by atoms with Gasteiger partial charge in [0.25, 0.3) is 0 Å². The van der Waals surface area contributed by atoms with E-state index >= 15 is 0 Å². The number of halogens is 1. The molecule has 3 nitrogen and oxygen atoms in total. The van der Waals surface area contributed by atoms with Gasteiger partial charge in [-0.25, -0.2) is 0 Å². The number of methoxy groups -OCH3 is 2. The Kier molecular flexibility index (Phi) is 6.37. The van der Waals surface area contributed by atoms with E-state index in [4.69, 9.17) is 9.47 Å². The molecule has 1 fully saturated rings. The molecule has 2 rings (SSSR count). The summed E-state index contributed by atoms with van der Waals surface area (Å²) in [7, 11) is 3.42. The summed E-state index contributed by atoms with van der Waals surface area (Å²) >= 11 is 3.62. The lowest BCUT2D eigenvalue weighted by atomic mass is 9.89. The fourth-order valence-corrected chi connectivity index (χ4v) is 4.04. The lowest BCUT2D eigenvalue weighted by Gasteiger charge is -2.23. The molecule has 1 aromatic rings. The molecular formula is C17H26BrNO2.